The Bertz CT molecular complexity index is 506. The summed E-state index contributed by atoms with van der Waals surface area (Å²) in [7, 11) is 0. The van der Waals surface area contributed by atoms with Crippen LogP contribution < -0.4 is 5.32 Å². The summed E-state index contributed by atoms with van der Waals surface area (Å²) in [5.41, 5.74) is 1.47. The standard InChI is InChI=1S/C17H25N3O2/c1-13-4-2-8-18-16(13)17(21)19-14-6-9-20(10-7-14)12-15-5-3-11-22-15/h2,4,8,14-15H,3,5-7,9-12H2,1H3,(H,19,21)/t15-/m0/s1. The number of carbonyl (C=O) groups excluding carboxylic acids is 1. The van der Waals surface area contributed by atoms with Crippen molar-refractivity contribution in [3.63, 3.8) is 0 Å². The van der Waals surface area contributed by atoms with E-state index in [1.165, 1.54) is 12.8 Å². The van der Waals surface area contributed by atoms with E-state index in [9.17, 15) is 4.79 Å². The number of hydrogen-bond donors (Lipinski definition) is 1. The van der Waals surface area contributed by atoms with E-state index in [0.29, 0.717) is 11.8 Å². The average Bonchev–Trinajstić information content (AvgIpc) is 3.02. The summed E-state index contributed by atoms with van der Waals surface area (Å²) in [5.74, 6) is -0.0457. The van der Waals surface area contributed by atoms with Crippen LogP contribution in [0.1, 0.15) is 41.7 Å². The van der Waals surface area contributed by atoms with Crippen LogP contribution in [0.25, 0.3) is 0 Å². The van der Waals surface area contributed by atoms with E-state index in [-0.39, 0.29) is 11.9 Å². The van der Waals surface area contributed by atoms with Crippen molar-refractivity contribution in [2.24, 2.45) is 0 Å². The molecule has 1 aromatic rings. The van der Waals surface area contributed by atoms with Crippen LogP contribution in [0.15, 0.2) is 18.3 Å². The van der Waals surface area contributed by atoms with Gasteiger partial charge in [-0.3, -0.25) is 9.78 Å². The van der Waals surface area contributed by atoms with Crippen molar-refractivity contribution < 1.29 is 9.53 Å². The number of amides is 1. The quantitative estimate of drug-likeness (QED) is 0.921. The number of nitrogens with one attached hydrogen (secondary N) is 1. The first-order valence-electron chi connectivity index (χ1n) is 8.29. The first kappa shape index (κ1) is 15.4. The third-order valence-electron chi connectivity index (χ3n) is 4.63. The molecule has 1 aromatic heterocycles. The van der Waals surface area contributed by atoms with Crippen molar-refractivity contribution in [1.29, 1.82) is 0 Å². The second-order valence-corrected chi connectivity index (χ2v) is 6.35. The fourth-order valence-corrected chi connectivity index (χ4v) is 3.31. The van der Waals surface area contributed by atoms with Crippen LogP contribution in [0.4, 0.5) is 0 Å². The van der Waals surface area contributed by atoms with Crippen molar-refractivity contribution in [1.82, 2.24) is 15.2 Å². The topological polar surface area (TPSA) is 54.5 Å². The lowest BCUT2D eigenvalue weighted by Gasteiger charge is -2.33. The molecule has 22 heavy (non-hydrogen) atoms. The molecule has 3 heterocycles. The van der Waals surface area contributed by atoms with Gasteiger partial charge in [0.15, 0.2) is 0 Å². The predicted molar refractivity (Wildman–Crippen MR) is 84.9 cm³/mol. The highest BCUT2D eigenvalue weighted by Gasteiger charge is 2.25. The molecule has 5 heteroatoms. The number of likely N-dealkylation sites (tertiary alicyclic amines) is 1. The zero-order chi connectivity index (χ0) is 15.4. The smallest absolute Gasteiger partial charge is 0.270 e. The van der Waals surface area contributed by atoms with Gasteiger partial charge < -0.3 is 15.0 Å². The van der Waals surface area contributed by atoms with E-state index in [2.05, 4.69) is 15.2 Å². The van der Waals surface area contributed by atoms with E-state index in [4.69, 9.17) is 4.74 Å². The lowest BCUT2D eigenvalue weighted by molar-refractivity contribution is 0.0612. The normalized spacial score (nSPS) is 23.6. The fourth-order valence-electron chi connectivity index (χ4n) is 3.31. The van der Waals surface area contributed by atoms with Crippen LogP contribution in [-0.2, 0) is 4.74 Å². The number of hydrogen-bond acceptors (Lipinski definition) is 4. The largest absolute Gasteiger partial charge is 0.377 e. The number of aromatic nitrogens is 1. The number of carbonyl (C=O) groups is 1. The summed E-state index contributed by atoms with van der Waals surface area (Å²) in [4.78, 5) is 18.9. The van der Waals surface area contributed by atoms with Crippen molar-refractivity contribution in [2.75, 3.05) is 26.2 Å². The predicted octanol–water partition coefficient (Wildman–Crippen LogP) is 1.76. The molecule has 1 N–H and O–H groups in total. The number of aryl methyl sites for hydroxylation is 1. The molecule has 0 aliphatic carbocycles. The molecule has 1 atom stereocenters. The molecule has 0 aromatic carbocycles. The van der Waals surface area contributed by atoms with Gasteiger partial charge in [-0.05, 0) is 44.2 Å². The molecule has 1 amide bonds. The van der Waals surface area contributed by atoms with E-state index in [1.54, 1.807) is 6.20 Å². The average molecular weight is 303 g/mol. The highest BCUT2D eigenvalue weighted by molar-refractivity contribution is 5.93. The third-order valence-corrected chi connectivity index (χ3v) is 4.63. The van der Waals surface area contributed by atoms with Gasteiger partial charge in [0, 0.05) is 38.5 Å². The molecule has 3 rings (SSSR count). The second-order valence-electron chi connectivity index (χ2n) is 6.35. The van der Waals surface area contributed by atoms with E-state index in [0.717, 1.165) is 44.6 Å². The van der Waals surface area contributed by atoms with Crippen molar-refractivity contribution in [2.45, 2.75) is 44.8 Å². The van der Waals surface area contributed by atoms with E-state index >= 15 is 0 Å². The second kappa shape index (κ2) is 7.20. The van der Waals surface area contributed by atoms with Crippen LogP contribution in [0.5, 0.6) is 0 Å². The van der Waals surface area contributed by atoms with E-state index in [1.807, 2.05) is 19.1 Å². The maximum atomic E-state index is 12.3. The molecule has 2 aliphatic rings. The van der Waals surface area contributed by atoms with Gasteiger partial charge in [0.25, 0.3) is 5.91 Å². The molecular formula is C17H25N3O2. The number of pyridine rings is 1. The van der Waals surface area contributed by atoms with Gasteiger partial charge in [0.05, 0.1) is 6.10 Å². The molecule has 0 unspecified atom stereocenters. The number of piperidine rings is 1. The Morgan fingerprint density at radius 2 is 2.23 bits per heavy atom. The fraction of sp³-hybridized carbons (Fsp3) is 0.647. The van der Waals surface area contributed by atoms with E-state index < -0.39 is 0 Å². The highest BCUT2D eigenvalue weighted by atomic mass is 16.5. The molecule has 0 saturated carbocycles. The van der Waals surface area contributed by atoms with Crippen molar-refractivity contribution >= 4 is 5.91 Å². The molecule has 2 aliphatic heterocycles. The lowest BCUT2D eigenvalue weighted by atomic mass is 10.0. The summed E-state index contributed by atoms with van der Waals surface area (Å²) < 4.78 is 5.70. The summed E-state index contributed by atoms with van der Waals surface area (Å²) in [5, 5.41) is 3.13. The van der Waals surface area contributed by atoms with Gasteiger partial charge in [0.1, 0.15) is 5.69 Å². The van der Waals surface area contributed by atoms with Crippen molar-refractivity contribution in [3.8, 4) is 0 Å². The maximum Gasteiger partial charge on any atom is 0.270 e. The molecule has 2 saturated heterocycles. The Hall–Kier alpha value is -1.46. The monoisotopic (exact) mass is 303 g/mol. The molecule has 0 bridgehead atoms. The zero-order valence-electron chi connectivity index (χ0n) is 13.3. The van der Waals surface area contributed by atoms with Crippen LogP contribution in [0, 0.1) is 6.92 Å². The Morgan fingerprint density at radius 1 is 1.41 bits per heavy atom. The van der Waals surface area contributed by atoms with Crippen LogP contribution in [-0.4, -0.2) is 54.2 Å². The minimum Gasteiger partial charge on any atom is -0.377 e. The summed E-state index contributed by atoms with van der Waals surface area (Å²) in [6, 6.07) is 4.04. The van der Waals surface area contributed by atoms with Crippen LogP contribution in [0.3, 0.4) is 0 Å². The minimum absolute atomic E-state index is 0.0457. The molecular weight excluding hydrogens is 278 g/mol. The molecule has 0 spiro atoms. The van der Waals surface area contributed by atoms with Gasteiger partial charge in [-0.1, -0.05) is 6.07 Å². The number of nitrogens with zero attached hydrogens (tertiary/aromatic N) is 2. The summed E-state index contributed by atoms with van der Waals surface area (Å²) in [6.07, 6.45) is 6.49. The number of rotatable bonds is 4. The number of ether oxygens (including phenoxy) is 1. The minimum atomic E-state index is -0.0457. The Kier molecular flexibility index (Phi) is 5.05. The SMILES string of the molecule is Cc1cccnc1C(=O)NC1CCN(C[C@@H]2CCCO2)CC1. The Morgan fingerprint density at radius 3 is 2.91 bits per heavy atom. The first-order chi connectivity index (χ1) is 10.7. The lowest BCUT2D eigenvalue weighted by Crippen LogP contribution is -2.46. The van der Waals surface area contributed by atoms with Crippen LogP contribution in [0.2, 0.25) is 0 Å². The van der Waals surface area contributed by atoms with Gasteiger partial charge >= 0.3 is 0 Å². The Balaban J connectivity index is 1.45. The summed E-state index contributed by atoms with van der Waals surface area (Å²) in [6.45, 7) is 5.95. The van der Waals surface area contributed by atoms with Gasteiger partial charge in [0.2, 0.25) is 0 Å². The molecule has 0 radical (unpaired) electrons. The molecule has 2 fully saturated rings. The van der Waals surface area contributed by atoms with Crippen molar-refractivity contribution in [3.05, 3.63) is 29.6 Å². The third kappa shape index (κ3) is 3.84. The first-order valence-corrected chi connectivity index (χ1v) is 8.29. The van der Waals surface area contributed by atoms with Crippen LogP contribution >= 0.6 is 0 Å². The highest BCUT2D eigenvalue weighted by Crippen LogP contribution is 2.17. The molecule has 5 nitrogen and oxygen atoms in total. The summed E-state index contributed by atoms with van der Waals surface area (Å²) >= 11 is 0. The van der Waals surface area contributed by atoms with Gasteiger partial charge in [-0.15, -0.1) is 0 Å². The van der Waals surface area contributed by atoms with Gasteiger partial charge in [-0.2, -0.15) is 0 Å². The molecule has 120 valence electrons. The Labute approximate surface area is 132 Å². The zero-order valence-corrected chi connectivity index (χ0v) is 13.3. The maximum absolute atomic E-state index is 12.3. The van der Waals surface area contributed by atoms with Gasteiger partial charge in [-0.25, -0.2) is 0 Å².